The van der Waals surface area contributed by atoms with Crippen LogP contribution in [0.5, 0.6) is 0 Å². The zero-order chi connectivity index (χ0) is 15.3. The van der Waals surface area contributed by atoms with Gasteiger partial charge in [0, 0.05) is 11.4 Å². The number of benzene rings is 1. The van der Waals surface area contributed by atoms with Crippen molar-refractivity contribution in [2.45, 2.75) is 25.4 Å². The highest BCUT2D eigenvalue weighted by Gasteiger charge is 2.39. The van der Waals surface area contributed by atoms with E-state index in [1.165, 1.54) is 19.2 Å². The maximum atomic E-state index is 13.1. The normalized spacial score (nSPS) is 13.7. The molecule has 2 rings (SSSR count). The minimum absolute atomic E-state index is 0.327. The molecule has 1 aromatic heterocycles. The molecule has 0 aliphatic carbocycles. The average molecular weight is 307 g/mol. The first-order valence-corrected chi connectivity index (χ1v) is 7.62. The number of methoxy groups -OCH3 is 1. The van der Waals surface area contributed by atoms with Gasteiger partial charge in [0.2, 0.25) is 0 Å². The van der Waals surface area contributed by atoms with Crippen LogP contribution < -0.4 is 5.32 Å². The molecule has 1 N–H and O–H groups in total. The Morgan fingerprint density at radius 3 is 2.57 bits per heavy atom. The quantitative estimate of drug-likeness (QED) is 0.831. The molecule has 21 heavy (non-hydrogen) atoms. The van der Waals surface area contributed by atoms with Crippen molar-refractivity contribution in [3.8, 4) is 0 Å². The minimum atomic E-state index is -0.966. The fourth-order valence-electron chi connectivity index (χ4n) is 2.33. The zero-order valence-electron chi connectivity index (χ0n) is 12.1. The molecular weight excluding hydrogens is 289 g/mol. The van der Waals surface area contributed by atoms with Gasteiger partial charge in [-0.05, 0) is 35.6 Å². The lowest BCUT2D eigenvalue weighted by molar-refractivity contribution is -0.149. The highest BCUT2D eigenvalue weighted by molar-refractivity contribution is 7.09. The lowest BCUT2D eigenvalue weighted by atomic mass is 9.87. The van der Waals surface area contributed by atoms with Crippen LogP contribution in [-0.4, -0.2) is 13.1 Å². The van der Waals surface area contributed by atoms with Gasteiger partial charge in [-0.25, -0.2) is 9.18 Å². The zero-order valence-corrected chi connectivity index (χ0v) is 12.9. The Hall–Kier alpha value is -1.72. The van der Waals surface area contributed by atoms with Crippen LogP contribution in [0.3, 0.4) is 0 Å². The lowest BCUT2D eigenvalue weighted by Crippen LogP contribution is -2.49. The Morgan fingerprint density at radius 2 is 2.05 bits per heavy atom. The van der Waals surface area contributed by atoms with Crippen molar-refractivity contribution < 1.29 is 13.9 Å². The molecule has 1 heterocycles. The number of ether oxygens (including phenoxy) is 1. The van der Waals surface area contributed by atoms with E-state index in [1.54, 1.807) is 23.5 Å². The second-order valence-corrected chi connectivity index (χ2v) is 5.72. The Morgan fingerprint density at radius 1 is 1.33 bits per heavy atom. The van der Waals surface area contributed by atoms with E-state index in [9.17, 15) is 9.18 Å². The van der Waals surface area contributed by atoms with Gasteiger partial charge in [0.05, 0.1) is 7.11 Å². The summed E-state index contributed by atoms with van der Waals surface area (Å²) in [5, 5.41) is 5.27. The maximum Gasteiger partial charge on any atom is 0.330 e. The largest absolute Gasteiger partial charge is 0.467 e. The van der Waals surface area contributed by atoms with E-state index in [0.717, 1.165) is 4.88 Å². The topological polar surface area (TPSA) is 38.3 Å². The van der Waals surface area contributed by atoms with Crippen molar-refractivity contribution in [2.24, 2.45) is 0 Å². The standard InChI is InChI=1S/C16H18FNO2S/c1-3-16(15(19)20-2,12-6-8-13(17)9-7-12)18-11-14-5-4-10-21-14/h4-10,18H,3,11H2,1-2H3. The first kappa shape index (κ1) is 15.7. The van der Waals surface area contributed by atoms with E-state index >= 15 is 0 Å². The Labute approximate surface area is 127 Å². The first-order valence-electron chi connectivity index (χ1n) is 6.74. The van der Waals surface area contributed by atoms with Crippen molar-refractivity contribution >= 4 is 17.3 Å². The number of carbonyl (C=O) groups is 1. The van der Waals surface area contributed by atoms with E-state index in [0.29, 0.717) is 18.5 Å². The van der Waals surface area contributed by atoms with E-state index in [1.807, 2.05) is 24.4 Å². The number of esters is 1. The number of nitrogens with one attached hydrogen (secondary N) is 1. The third-order valence-corrected chi connectivity index (χ3v) is 4.42. The third-order valence-electron chi connectivity index (χ3n) is 3.55. The Balaban J connectivity index is 2.32. The van der Waals surface area contributed by atoms with Crippen molar-refractivity contribution in [1.82, 2.24) is 5.32 Å². The molecule has 0 spiro atoms. The molecule has 1 aromatic carbocycles. The summed E-state index contributed by atoms with van der Waals surface area (Å²) in [6, 6.07) is 9.92. The van der Waals surface area contributed by atoms with Gasteiger partial charge in [-0.1, -0.05) is 25.1 Å². The highest BCUT2D eigenvalue weighted by Crippen LogP contribution is 2.28. The Kier molecular flexibility index (Phi) is 5.09. The highest BCUT2D eigenvalue weighted by atomic mass is 32.1. The van der Waals surface area contributed by atoms with Crippen LogP contribution >= 0.6 is 11.3 Å². The van der Waals surface area contributed by atoms with Gasteiger partial charge in [-0.3, -0.25) is 5.32 Å². The molecule has 0 radical (unpaired) electrons. The molecule has 0 amide bonds. The summed E-state index contributed by atoms with van der Waals surface area (Å²) in [4.78, 5) is 13.5. The summed E-state index contributed by atoms with van der Waals surface area (Å²) in [5.41, 5.74) is -0.262. The molecule has 112 valence electrons. The lowest BCUT2D eigenvalue weighted by Gasteiger charge is -2.31. The molecule has 1 unspecified atom stereocenters. The van der Waals surface area contributed by atoms with Gasteiger partial charge in [0.25, 0.3) is 0 Å². The molecule has 1 atom stereocenters. The molecule has 0 saturated carbocycles. The summed E-state index contributed by atoms with van der Waals surface area (Å²) in [7, 11) is 1.36. The van der Waals surface area contributed by atoms with Crippen LogP contribution in [0.15, 0.2) is 41.8 Å². The number of rotatable bonds is 6. The van der Waals surface area contributed by atoms with Gasteiger partial charge in [0.15, 0.2) is 0 Å². The average Bonchev–Trinajstić information content (AvgIpc) is 3.02. The molecule has 3 nitrogen and oxygen atoms in total. The molecular formula is C16H18FNO2S. The Bertz CT molecular complexity index is 583. The molecule has 5 heteroatoms. The van der Waals surface area contributed by atoms with Gasteiger partial charge >= 0.3 is 5.97 Å². The minimum Gasteiger partial charge on any atom is -0.467 e. The maximum absolute atomic E-state index is 13.1. The summed E-state index contributed by atoms with van der Waals surface area (Å²) >= 11 is 1.62. The second kappa shape index (κ2) is 6.83. The van der Waals surface area contributed by atoms with Crippen LogP contribution in [0.2, 0.25) is 0 Å². The van der Waals surface area contributed by atoms with Crippen molar-refractivity contribution in [3.05, 3.63) is 58.0 Å². The molecule has 0 aliphatic heterocycles. The van der Waals surface area contributed by atoms with E-state index in [4.69, 9.17) is 4.74 Å². The summed E-state index contributed by atoms with van der Waals surface area (Å²) in [5.74, 6) is -0.694. The summed E-state index contributed by atoms with van der Waals surface area (Å²) in [6.07, 6.45) is 0.511. The van der Waals surface area contributed by atoms with Gasteiger partial charge in [-0.15, -0.1) is 11.3 Å². The second-order valence-electron chi connectivity index (χ2n) is 4.69. The SMILES string of the molecule is CCC(NCc1cccs1)(C(=O)OC)c1ccc(F)cc1. The van der Waals surface area contributed by atoms with Crippen LogP contribution in [0.4, 0.5) is 4.39 Å². The van der Waals surface area contributed by atoms with Crippen molar-refractivity contribution in [1.29, 1.82) is 0 Å². The van der Waals surface area contributed by atoms with Crippen LogP contribution in [0, 0.1) is 5.82 Å². The predicted molar refractivity (Wildman–Crippen MR) is 81.5 cm³/mol. The van der Waals surface area contributed by atoms with Gasteiger partial charge in [0.1, 0.15) is 11.4 Å². The van der Waals surface area contributed by atoms with Crippen LogP contribution in [0.25, 0.3) is 0 Å². The van der Waals surface area contributed by atoms with Crippen molar-refractivity contribution in [2.75, 3.05) is 7.11 Å². The fourth-order valence-corrected chi connectivity index (χ4v) is 2.97. The van der Waals surface area contributed by atoms with Crippen molar-refractivity contribution in [3.63, 3.8) is 0 Å². The number of hydrogen-bond acceptors (Lipinski definition) is 4. The molecule has 2 aromatic rings. The molecule has 0 bridgehead atoms. The third kappa shape index (κ3) is 3.31. The molecule has 0 saturated heterocycles. The number of thiophene rings is 1. The van der Waals surface area contributed by atoms with E-state index in [-0.39, 0.29) is 11.8 Å². The monoisotopic (exact) mass is 307 g/mol. The van der Waals surface area contributed by atoms with Gasteiger partial charge < -0.3 is 4.74 Å². The first-order chi connectivity index (χ1) is 10.1. The number of halogens is 1. The smallest absolute Gasteiger partial charge is 0.330 e. The predicted octanol–water partition coefficient (Wildman–Crippen LogP) is 3.46. The van der Waals surface area contributed by atoms with Gasteiger partial charge in [-0.2, -0.15) is 0 Å². The van der Waals surface area contributed by atoms with Crippen LogP contribution in [0.1, 0.15) is 23.8 Å². The van der Waals surface area contributed by atoms with E-state index < -0.39 is 5.54 Å². The van der Waals surface area contributed by atoms with E-state index in [2.05, 4.69) is 5.32 Å². The van der Waals surface area contributed by atoms with Crippen LogP contribution in [-0.2, 0) is 21.6 Å². The summed E-state index contributed by atoms with van der Waals surface area (Å²) < 4.78 is 18.1. The molecule has 0 aliphatic rings. The summed E-state index contributed by atoms with van der Waals surface area (Å²) in [6.45, 7) is 2.46. The number of hydrogen-bond donors (Lipinski definition) is 1. The fraction of sp³-hybridized carbons (Fsp3) is 0.312. The molecule has 0 fully saturated rings. The number of carbonyl (C=O) groups excluding carboxylic acids is 1.